The van der Waals surface area contributed by atoms with Gasteiger partial charge >= 0.3 is 5.97 Å². The predicted octanol–water partition coefficient (Wildman–Crippen LogP) is 5.65. The van der Waals surface area contributed by atoms with Crippen molar-refractivity contribution in [3.8, 4) is 0 Å². The minimum absolute atomic E-state index is 0.0951. The molecule has 0 amide bonds. The van der Waals surface area contributed by atoms with E-state index in [2.05, 4.69) is 13.8 Å². The molecule has 118 valence electrons. The summed E-state index contributed by atoms with van der Waals surface area (Å²) in [5.41, 5.74) is 0. The highest BCUT2D eigenvalue weighted by Crippen LogP contribution is 2.36. The van der Waals surface area contributed by atoms with E-state index in [0.717, 1.165) is 37.5 Å². The fraction of sp³-hybridized carbons (Fsp3) is 0.944. The summed E-state index contributed by atoms with van der Waals surface area (Å²) in [4.78, 5) is 11.4. The van der Waals surface area contributed by atoms with E-state index in [9.17, 15) is 9.90 Å². The molecule has 0 heterocycles. The molecule has 0 radical (unpaired) electrons. The van der Waals surface area contributed by atoms with Crippen LogP contribution in [0.15, 0.2) is 0 Å². The molecule has 0 aromatic carbocycles. The first-order valence-corrected chi connectivity index (χ1v) is 8.91. The molecule has 1 N–H and O–H groups in total. The zero-order valence-electron chi connectivity index (χ0n) is 13.6. The van der Waals surface area contributed by atoms with Crippen molar-refractivity contribution in [1.82, 2.24) is 0 Å². The van der Waals surface area contributed by atoms with Gasteiger partial charge in [-0.3, -0.25) is 4.79 Å². The third kappa shape index (κ3) is 6.28. The molecule has 1 aliphatic carbocycles. The first-order chi connectivity index (χ1) is 9.69. The van der Waals surface area contributed by atoms with Crippen molar-refractivity contribution in [2.75, 3.05) is 0 Å². The lowest BCUT2D eigenvalue weighted by atomic mass is 9.82. The minimum Gasteiger partial charge on any atom is -0.481 e. The van der Waals surface area contributed by atoms with Crippen molar-refractivity contribution in [3.05, 3.63) is 0 Å². The van der Waals surface area contributed by atoms with E-state index >= 15 is 0 Å². The van der Waals surface area contributed by atoms with Gasteiger partial charge in [-0.1, -0.05) is 71.6 Å². The van der Waals surface area contributed by atoms with E-state index in [1.165, 1.54) is 51.4 Å². The lowest BCUT2D eigenvalue weighted by Crippen LogP contribution is -2.18. The van der Waals surface area contributed by atoms with Crippen LogP contribution in [0.1, 0.15) is 90.9 Å². The van der Waals surface area contributed by atoms with E-state index in [1.807, 2.05) is 0 Å². The van der Waals surface area contributed by atoms with Crippen LogP contribution in [0.2, 0.25) is 0 Å². The van der Waals surface area contributed by atoms with Gasteiger partial charge in [0.05, 0.1) is 5.92 Å². The van der Waals surface area contributed by atoms with Crippen LogP contribution in [0.4, 0.5) is 0 Å². The monoisotopic (exact) mass is 282 g/mol. The molecule has 0 saturated heterocycles. The lowest BCUT2D eigenvalue weighted by molar-refractivity contribution is -0.142. The summed E-state index contributed by atoms with van der Waals surface area (Å²) in [6, 6.07) is 0. The molecule has 2 nitrogen and oxygen atoms in total. The molecular formula is C18H34O2. The number of rotatable bonds is 11. The second-order valence-electron chi connectivity index (χ2n) is 6.67. The maximum atomic E-state index is 11.4. The van der Waals surface area contributed by atoms with Gasteiger partial charge in [0.15, 0.2) is 0 Å². The number of unbranched alkanes of at least 4 members (excludes halogenated alkanes) is 3. The molecule has 1 aliphatic rings. The molecule has 1 fully saturated rings. The fourth-order valence-corrected chi connectivity index (χ4v) is 3.83. The number of carboxylic acids is 1. The number of carboxylic acid groups (broad SMARTS) is 1. The van der Waals surface area contributed by atoms with Crippen molar-refractivity contribution in [1.29, 1.82) is 0 Å². The number of carbonyl (C=O) groups is 1. The Kier molecular flexibility index (Phi) is 8.97. The van der Waals surface area contributed by atoms with Gasteiger partial charge in [0.25, 0.3) is 0 Å². The SMILES string of the molecule is CCCCCCC(CCC(CC)C1CCCC1)C(=O)O. The van der Waals surface area contributed by atoms with Crippen molar-refractivity contribution >= 4 is 5.97 Å². The Balaban J connectivity index is 2.30. The maximum Gasteiger partial charge on any atom is 0.306 e. The van der Waals surface area contributed by atoms with Gasteiger partial charge < -0.3 is 5.11 Å². The van der Waals surface area contributed by atoms with Crippen molar-refractivity contribution in [2.24, 2.45) is 17.8 Å². The van der Waals surface area contributed by atoms with E-state index in [0.29, 0.717) is 0 Å². The Bertz CT molecular complexity index is 256. The summed E-state index contributed by atoms with van der Waals surface area (Å²) < 4.78 is 0. The summed E-state index contributed by atoms with van der Waals surface area (Å²) in [7, 11) is 0. The van der Waals surface area contributed by atoms with Crippen LogP contribution in [-0.2, 0) is 4.79 Å². The van der Waals surface area contributed by atoms with Crippen molar-refractivity contribution in [3.63, 3.8) is 0 Å². The van der Waals surface area contributed by atoms with Gasteiger partial charge in [0, 0.05) is 0 Å². The van der Waals surface area contributed by atoms with Gasteiger partial charge in [0.2, 0.25) is 0 Å². The Hall–Kier alpha value is -0.530. The maximum absolute atomic E-state index is 11.4. The third-order valence-corrected chi connectivity index (χ3v) is 5.23. The molecule has 20 heavy (non-hydrogen) atoms. The van der Waals surface area contributed by atoms with Crippen LogP contribution in [0.3, 0.4) is 0 Å². The Morgan fingerprint density at radius 3 is 2.30 bits per heavy atom. The topological polar surface area (TPSA) is 37.3 Å². The second-order valence-corrected chi connectivity index (χ2v) is 6.67. The fourth-order valence-electron chi connectivity index (χ4n) is 3.83. The highest BCUT2D eigenvalue weighted by molar-refractivity contribution is 5.69. The van der Waals surface area contributed by atoms with E-state index in [4.69, 9.17) is 0 Å². The molecule has 1 saturated carbocycles. The molecule has 2 heteroatoms. The second kappa shape index (κ2) is 10.2. The Labute approximate surface area is 125 Å². The molecule has 2 unspecified atom stereocenters. The van der Waals surface area contributed by atoms with Crippen LogP contribution in [0.5, 0.6) is 0 Å². The average Bonchev–Trinajstić information content (AvgIpc) is 2.95. The van der Waals surface area contributed by atoms with Crippen molar-refractivity contribution < 1.29 is 9.90 Å². The Morgan fingerprint density at radius 1 is 1.05 bits per heavy atom. The first-order valence-electron chi connectivity index (χ1n) is 8.91. The first kappa shape index (κ1) is 17.5. The Morgan fingerprint density at radius 2 is 1.75 bits per heavy atom. The van der Waals surface area contributed by atoms with Crippen LogP contribution in [-0.4, -0.2) is 11.1 Å². The standard InChI is InChI=1S/C18H34O2/c1-3-5-6-7-12-17(18(19)20)14-13-15(4-2)16-10-8-9-11-16/h15-17H,3-14H2,1-2H3,(H,19,20). The smallest absolute Gasteiger partial charge is 0.306 e. The lowest BCUT2D eigenvalue weighted by Gasteiger charge is -2.23. The molecule has 0 aromatic heterocycles. The van der Waals surface area contributed by atoms with Crippen LogP contribution in [0.25, 0.3) is 0 Å². The van der Waals surface area contributed by atoms with E-state index in [-0.39, 0.29) is 5.92 Å². The zero-order chi connectivity index (χ0) is 14.8. The highest BCUT2D eigenvalue weighted by Gasteiger charge is 2.25. The van der Waals surface area contributed by atoms with Gasteiger partial charge in [0.1, 0.15) is 0 Å². The van der Waals surface area contributed by atoms with Crippen LogP contribution < -0.4 is 0 Å². The summed E-state index contributed by atoms with van der Waals surface area (Å²) in [6.07, 6.45) is 14.4. The average molecular weight is 282 g/mol. The number of hydrogen-bond donors (Lipinski definition) is 1. The molecule has 0 spiro atoms. The summed E-state index contributed by atoms with van der Waals surface area (Å²) >= 11 is 0. The minimum atomic E-state index is -0.567. The highest BCUT2D eigenvalue weighted by atomic mass is 16.4. The van der Waals surface area contributed by atoms with Gasteiger partial charge in [-0.2, -0.15) is 0 Å². The molecule has 0 aromatic rings. The molecule has 1 rings (SSSR count). The van der Waals surface area contributed by atoms with Crippen LogP contribution in [0, 0.1) is 17.8 Å². The third-order valence-electron chi connectivity index (χ3n) is 5.23. The molecule has 2 atom stereocenters. The molecule has 0 aliphatic heterocycles. The molecule has 0 bridgehead atoms. The van der Waals surface area contributed by atoms with Gasteiger partial charge in [-0.05, 0) is 31.1 Å². The van der Waals surface area contributed by atoms with Gasteiger partial charge in [-0.15, -0.1) is 0 Å². The molecular weight excluding hydrogens is 248 g/mol. The summed E-state index contributed by atoms with van der Waals surface area (Å²) in [5, 5.41) is 9.38. The summed E-state index contributed by atoms with van der Waals surface area (Å²) in [5.74, 6) is 0.995. The number of aliphatic carboxylic acids is 1. The predicted molar refractivity (Wildman–Crippen MR) is 84.9 cm³/mol. The van der Waals surface area contributed by atoms with Crippen molar-refractivity contribution in [2.45, 2.75) is 90.9 Å². The number of hydrogen-bond acceptors (Lipinski definition) is 1. The zero-order valence-corrected chi connectivity index (χ0v) is 13.6. The van der Waals surface area contributed by atoms with E-state index in [1.54, 1.807) is 0 Å². The normalized spacial score (nSPS) is 19.1. The summed E-state index contributed by atoms with van der Waals surface area (Å²) in [6.45, 7) is 4.47. The quantitative estimate of drug-likeness (QED) is 0.497. The largest absolute Gasteiger partial charge is 0.481 e. The van der Waals surface area contributed by atoms with Gasteiger partial charge in [-0.25, -0.2) is 0 Å². The van der Waals surface area contributed by atoms with E-state index < -0.39 is 5.97 Å². The van der Waals surface area contributed by atoms with Crippen LogP contribution >= 0.6 is 0 Å².